The van der Waals surface area contributed by atoms with Crippen LogP contribution in [0.4, 0.5) is 0 Å². The molecule has 2 heterocycles. The SMILES string of the molecule is CCC(=O)N1CCC[C@H](C(=O)NS(=O)(=O)C[C@@H]2CCCCO2)C1. The maximum atomic E-state index is 12.2. The molecule has 2 aliphatic rings. The molecule has 0 saturated carbocycles. The first-order valence-corrected chi connectivity index (χ1v) is 10.00. The molecule has 2 saturated heterocycles. The van der Waals surface area contributed by atoms with Gasteiger partial charge in [-0.3, -0.25) is 14.3 Å². The van der Waals surface area contributed by atoms with Crippen molar-refractivity contribution in [1.82, 2.24) is 9.62 Å². The summed E-state index contributed by atoms with van der Waals surface area (Å²) in [6.07, 6.45) is 3.99. The molecule has 0 unspecified atom stereocenters. The first-order chi connectivity index (χ1) is 10.9. The molecule has 2 fully saturated rings. The van der Waals surface area contributed by atoms with Gasteiger partial charge in [0, 0.05) is 26.1 Å². The van der Waals surface area contributed by atoms with E-state index < -0.39 is 21.8 Å². The fourth-order valence-corrected chi connectivity index (χ4v) is 4.41. The zero-order chi connectivity index (χ0) is 16.9. The number of amides is 2. The summed E-state index contributed by atoms with van der Waals surface area (Å²) >= 11 is 0. The molecule has 8 heteroatoms. The Kier molecular flexibility index (Phi) is 6.41. The molecule has 2 aliphatic heterocycles. The van der Waals surface area contributed by atoms with Crippen LogP contribution in [0.25, 0.3) is 0 Å². The van der Waals surface area contributed by atoms with Crippen LogP contribution in [0.5, 0.6) is 0 Å². The molecule has 2 atom stereocenters. The largest absolute Gasteiger partial charge is 0.377 e. The summed E-state index contributed by atoms with van der Waals surface area (Å²) in [5, 5.41) is 0. The van der Waals surface area contributed by atoms with Crippen molar-refractivity contribution in [3.8, 4) is 0 Å². The number of hydrogen-bond donors (Lipinski definition) is 1. The molecule has 0 radical (unpaired) electrons. The minimum Gasteiger partial charge on any atom is -0.377 e. The van der Waals surface area contributed by atoms with Crippen LogP contribution < -0.4 is 4.72 Å². The molecule has 132 valence electrons. The highest BCUT2D eigenvalue weighted by atomic mass is 32.2. The molecule has 0 aromatic heterocycles. The molecule has 0 aliphatic carbocycles. The van der Waals surface area contributed by atoms with E-state index in [4.69, 9.17) is 4.74 Å². The molecule has 1 N–H and O–H groups in total. The predicted octanol–water partition coefficient (Wildman–Crippen LogP) is 0.650. The summed E-state index contributed by atoms with van der Waals surface area (Å²) in [5.41, 5.74) is 0. The minimum absolute atomic E-state index is 0.000891. The number of carbonyl (C=O) groups excluding carboxylic acids is 2. The normalized spacial score (nSPS) is 25.9. The molecule has 0 aromatic carbocycles. The standard InChI is InChI=1S/C15H26N2O5S/c1-2-14(18)17-8-5-6-12(10-17)15(19)16-23(20,21)11-13-7-3-4-9-22-13/h12-13H,2-11H2,1H3,(H,16,19)/t12-,13-/m0/s1. The van der Waals surface area contributed by atoms with E-state index in [1.807, 2.05) is 0 Å². The van der Waals surface area contributed by atoms with Gasteiger partial charge < -0.3 is 9.64 Å². The van der Waals surface area contributed by atoms with Gasteiger partial charge in [-0.05, 0) is 32.1 Å². The Bertz CT molecular complexity index is 528. The number of rotatable bonds is 5. The lowest BCUT2D eigenvalue weighted by atomic mass is 9.97. The van der Waals surface area contributed by atoms with Crippen LogP contribution in [0.1, 0.15) is 45.4 Å². The summed E-state index contributed by atoms with van der Waals surface area (Å²) in [6, 6.07) is 0. The number of ether oxygens (including phenoxy) is 1. The molecule has 7 nitrogen and oxygen atoms in total. The zero-order valence-corrected chi connectivity index (χ0v) is 14.4. The Morgan fingerprint density at radius 3 is 2.65 bits per heavy atom. The number of nitrogens with zero attached hydrogens (tertiary/aromatic N) is 1. The Morgan fingerprint density at radius 2 is 2.00 bits per heavy atom. The van der Waals surface area contributed by atoms with Crippen LogP contribution in [0.2, 0.25) is 0 Å². The lowest BCUT2D eigenvalue weighted by Crippen LogP contribution is -2.47. The van der Waals surface area contributed by atoms with E-state index in [0.29, 0.717) is 39.0 Å². The van der Waals surface area contributed by atoms with Crippen molar-refractivity contribution in [2.75, 3.05) is 25.4 Å². The van der Waals surface area contributed by atoms with Crippen LogP contribution in [-0.2, 0) is 24.3 Å². The van der Waals surface area contributed by atoms with Gasteiger partial charge in [-0.1, -0.05) is 6.92 Å². The minimum atomic E-state index is -3.70. The average Bonchev–Trinajstić information content (AvgIpc) is 2.54. The van der Waals surface area contributed by atoms with E-state index in [1.54, 1.807) is 11.8 Å². The number of hydrogen-bond acceptors (Lipinski definition) is 5. The maximum absolute atomic E-state index is 12.2. The van der Waals surface area contributed by atoms with E-state index in [-0.39, 0.29) is 17.8 Å². The summed E-state index contributed by atoms with van der Waals surface area (Å²) in [4.78, 5) is 25.6. The Labute approximate surface area is 137 Å². The topological polar surface area (TPSA) is 92.8 Å². The molecular weight excluding hydrogens is 320 g/mol. The van der Waals surface area contributed by atoms with Gasteiger partial charge in [0.25, 0.3) is 0 Å². The lowest BCUT2D eigenvalue weighted by Gasteiger charge is -2.32. The van der Waals surface area contributed by atoms with Crippen molar-refractivity contribution in [3.63, 3.8) is 0 Å². The highest BCUT2D eigenvalue weighted by Gasteiger charge is 2.31. The van der Waals surface area contributed by atoms with E-state index >= 15 is 0 Å². The van der Waals surface area contributed by atoms with Crippen molar-refractivity contribution >= 4 is 21.8 Å². The monoisotopic (exact) mass is 346 g/mol. The van der Waals surface area contributed by atoms with Crippen molar-refractivity contribution in [1.29, 1.82) is 0 Å². The van der Waals surface area contributed by atoms with E-state index in [9.17, 15) is 18.0 Å². The first kappa shape index (κ1) is 18.2. The molecule has 23 heavy (non-hydrogen) atoms. The molecule has 2 amide bonds. The summed E-state index contributed by atoms with van der Waals surface area (Å²) in [7, 11) is -3.70. The molecule has 2 rings (SSSR count). The van der Waals surface area contributed by atoms with E-state index in [2.05, 4.69) is 4.72 Å². The summed E-state index contributed by atoms with van der Waals surface area (Å²) < 4.78 is 31.8. The van der Waals surface area contributed by atoms with Crippen molar-refractivity contribution in [2.24, 2.45) is 5.92 Å². The van der Waals surface area contributed by atoms with Gasteiger partial charge >= 0.3 is 0 Å². The number of sulfonamides is 1. The lowest BCUT2D eigenvalue weighted by molar-refractivity contribution is -0.134. The molecule has 0 spiro atoms. The third kappa shape index (κ3) is 5.46. The van der Waals surface area contributed by atoms with E-state index in [1.165, 1.54) is 0 Å². The number of carbonyl (C=O) groups is 2. The number of nitrogens with one attached hydrogen (secondary N) is 1. The van der Waals surface area contributed by atoms with Gasteiger partial charge in [-0.2, -0.15) is 0 Å². The number of likely N-dealkylation sites (tertiary alicyclic amines) is 1. The van der Waals surface area contributed by atoms with Gasteiger partial charge in [-0.25, -0.2) is 8.42 Å². The summed E-state index contributed by atoms with van der Waals surface area (Å²) in [6.45, 7) is 3.29. The second-order valence-corrected chi connectivity index (χ2v) is 8.04. The third-order valence-corrected chi connectivity index (χ3v) is 5.71. The highest BCUT2D eigenvalue weighted by Crippen LogP contribution is 2.18. The van der Waals surface area contributed by atoms with Crippen LogP contribution in [0, 0.1) is 5.92 Å². The fraction of sp³-hybridized carbons (Fsp3) is 0.867. The summed E-state index contributed by atoms with van der Waals surface area (Å²) in [5.74, 6) is -1.14. The van der Waals surface area contributed by atoms with Crippen LogP contribution in [-0.4, -0.2) is 56.7 Å². The van der Waals surface area contributed by atoms with Crippen LogP contribution in [0.15, 0.2) is 0 Å². The van der Waals surface area contributed by atoms with Gasteiger partial charge in [0.2, 0.25) is 21.8 Å². The van der Waals surface area contributed by atoms with Crippen LogP contribution >= 0.6 is 0 Å². The average molecular weight is 346 g/mol. The third-order valence-electron chi connectivity index (χ3n) is 4.38. The van der Waals surface area contributed by atoms with Gasteiger partial charge in [-0.15, -0.1) is 0 Å². The molecule has 0 aromatic rings. The van der Waals surface area contributed by atoms with Gasteiger partial charge in [0.15, 0.2) is 0 Å². The fourth-order valence-electron chi connectivity index (χ4n) is 3.10. The van der Waals surface area contributed by atoms with E-state index in [0.717, 1.165) is 19.3 Å². The Morgan fingerprint density at radius 1 is 1.22 bits per heavy atom. The van der Waals surface area contributed by atoms with Crippen LogP contribution in [0.3, 0.4) is 0 Å². The van der Waals surface area contributed by atoms with Gasteiger partial charge in [0.1, 0.15) is 0 Å². The van der Waals surface area contributed by atoms with Gasteiger partial charge in [0.05, 0.1) is 17.8 Å². The quantitative estimate of drug-likeness (QED) is 0.789. The Hall–Kier alpha value is -1.15. The second-order valence-electron chi connectivity index (χ2n) is 6.27. The predicted molar refractivity (Wildman–Crippen MR) is 85.1 cm³/mol. The smallest absolute Gasteiger partial charge is 0.238 e. The highest BCUT2D eigenvalue weighted by molar-refractivity contribution is 7.90. The molecular formula is C15H26N2O5S. The number of piperidine rings is 1. The maximum Gasteiger partial charge on any atom is 0.238 e. The van der Waals surface area contributed by atoms with Crippen molar-refractivity contribution in [3.05, 3.63) is 0 Å². The Balaban J connectivity index is 1.88. The molecule has 0 bridgehead atoms. The van der Waals surface area contributed by atoms with Crippen molar-refractivity contribution < 1.29 is 22.7 Å². The van der Waals surface area contributed by atoms with Crippen molar-refractivity contribution in [2.45, 2.75) is 51.6 Å². The first-order valence-electron chi connectivity index (χ1n) is 8.35. The zero-order valence-electron chi connectivity index (χ0n) is 13.6. The second kappa shape index (κ2) is 8.10.